The van der Waals surface area contributed by atoms with E-state index in [0.29, 0.717) is 6.54 Å². The van der Waals surface area contributed by atoms with Crippen LogP contribution in [0, 0.1) is 5.92 Å². The molecule has 2 rings (SSSR count). The molecule has 1 heterocycles. The van der Waals surface area contributed by atoms with Crippen molar-refractivity contribution >= 4 is 5.91 Å². The summed E-state index contributed by atoms with van der Waals surface area (Å²) < 4.78 is 5.38. The standard InChI is InChI=1S/C15H26N2O2/c1-15(2,17-8-10-19-11-9-17)12-16-14(18)13-6-4-3-5-7-13/h3-4,13H,5-12H2,1-2H3,(H,16,18). The predicted octanol–water partition coefficient (Wildman–Crippen LogP) is 1.57. The molecule has 1 aliphatic carbocycles. The Hall–Kier alpha value is -0.870. The highest BCUT2D eigenvalue weighted by Gasteiger charge is 2.29. The van der Waals surface area contributed by atoms with Gasteiger partial charge in [0, 0.05) is 31.1 Å². The van der Waals surface area contributed by atoms with Gasteiger partial charge in [-0.3, -0.25) is 9.69 Å². The van der Waals surface area contributed by atoms with Gasteiger partial charge in [-0.25, -0.2) is 0 Å². The topological polar surface area (TPSA) is 41.6 Å². The van der Waals surface area contributed by atoms with Crippen molar-refractivity contribution in [2.24, 2.45) is 5.92 Å². The van der Waals surface area contributed by atoms with E-state index in [0.717, 1.165) is 45.6 Å². The van der Waals surface area contributed by atoms with Gasteiger partial charge in [-0.05, 0) is 33.1 Å². The Bertz CT molecular complexity index is 333. The second-order valence-corrected chi connectivity index (χ2v) is 6.11. The third-order valence-corrected chi connectivity index (χ3v) is 4.20. The van der Waals surface area contributed by atoms with E-state index >= 15 is 0 Å². The van der Waals surface area contributed by atoms with Crippen molar-refractivity contribution in [2.75, 3.05) is 32.8 Å². The van der Waals surface area contributed by atoms with Gasteiger partial charge in [0.25, 0.3) is 0 Å². The first-order valence-corrected chi connectivity index (χ1v) is 7.35. The molecule has 1 N–H and O–H groups in total. The van der Waals surface area contributed by atoms with Gasteiger partial charge in [0.2, 0.25) is 5.91 Å². The molecule has 1 fully saturated rings. The van der Waals surface area contributed by atoms with Crippen molar-refractivity contribution in [3.8, 4) is 0 Å². The van der Waals surface area contributed by atoms with Crippen LogP contribution in [0.1, 0.15) is 33.1 Å². The van der Waals surface area contributed by atoms with Crippen molar-refractivity contribution in [1.29, 1.82) is 0 Å². The van der Waals surface area contributed by atoms with Crippen LogP contribution in [0.2, 0.25) is 0 Å². The first-order valence-electron chi connectivity index (χ1n) is 7.35. The van der Waals surface area contributed by atoms with Gasteiger partial charge < -0.3 is 10.1 Å². The summed E-state index contributed by atoms with van der Waals surface area (Å²) in [7, 11) is 0. The van der Waals surface area contributed by atoms with Crippen molar-refractivity contribution in [3.05, 3.63) is 12.2 Å². The third kappa shape index (κ3) is 4.05. The lowest BCUT2D eigenvalue weighted by atomic mass is 9.93. The lowest BCUT2D eigenvalue weighted by molar-refractivity contribution is -0.126. The van der Waals surface area contributed by atoms with Gasteiger partial charge in [0.05, 0.1) is 13.2 Å². The first-order chi connectivity index (χ1) is 9.09. The molecule has 0 spiro atoms. The second-order valence-electron chi connectivity index (χ2n) is 6.11. The number of hydrogen-bond acceptors (Lipinski definition) is 3. The third-order valence-electron chi connectivity index (χ3n) is 4.20. The Labute approximate surface area is 116 Å². The summed E-state index contributed by atoms with van der Waals surface area (Å²) in [5, 5.41) is 3.13. The molecule has 0 bridgehead atoms. The van der Waals surface area contributed by atoms with E-state index in [2.05, 4.69) is 36.2 Å². The second kappa shape index (κ2) is 6.53. The van der Waals surface area contributed by atoms with Gasteiger partial charge in [-0.2, -0.15) is 0 Å². The molecular weight excluding hydrogens is 240 g/mol. The molecule has 1 aliphatic heterocycles. The van der Waals surface area contributed by atoms with E-state index in [9.17, 15) is 4.79 Å². The van der Waals surface area contributed by atoms with Gasteiger partial charge >= 0.3 is 0 Å². The van der Waals surface area contributed by atoms with Crippen LogP contribution < -0.4 is 5.32 Å². The molecular formula is C15H26N2O2. The van der Waals surface area contributed by atoms with Crippen LogP contribution in [0.15, 0.2) is 12.2 Å². The van der Waals surface area contributed by atoms with Crippen LogP contribution in [0.3, 0.4) is 0 Å². The number of hydrogen-bond donors (Lipinski definition) is 1. The minimum absolute atomic E-state index is 0.00391. The number of nitrogens with zero attached hydrogens (tertiary/aromatic N) is 1. The number of allylic oxidation sites excluding steroid dienone is 2. The average molecular weight is 266 g/mol. The van der Waals surface area contributed by atoms with Crippen LogP contribution >= 0.6 is 0 Å². The minimum Gasteiger partial charge on any atom is -0.379 e. The Morgan fingerprint density at radius 1 is 1.37 bits per heavy atom. The van der Waals surface area contributed by atoms with Crippen LogP contribution in [0.4, 0.5) is 0 Å². The number of amides is 1. The molecule has 1 atom stereocenters. The van der Waals surface area contributed by atoms with E-state index in [1.807, 2.05) is 0 Å². The molecule has 0 aromatic carbocycles. The van der Waals surface area contributed by atoms with Crippen molar-refractivity contribution in [3.63, 3.8) is 0 Å². The molecule has 4 heteroatoms. The zero-order valence-corrected chi connectivity index (χ0v) is 12.2. The number of carbonyl (C=O) groups excluding carboxylic acids is 1. The smallest absolute Gasteiger partial charge is 0.223 e. The van der Waals surface area contributed by atoms with Crippen molar-refractivity contribution in [2.45, 2.75) is 38.6 Å². The number of carbonyl (C=O) groups is 1. The molecule has 2 aliphatic rings. The quantitative estimate of drug-likeness (QED) is 0.785. The molecule has 0 radical (unpaired) electrons. The monoisotopic (exact) mass is 266 g/mol. The molecule has 0 aromatic heterocycles. The summed E-state index contributed by atoms with van der Waals surface area (Å²) >= 11 is 0. The molecule has 0 aromatic rings. The fourth-order valence-electron chi connectivity index (χ4n) is 2.76. The molecule has 1 amide bonds. The maximum absolute atomic E-state index is 12.1. The Morgan fingerprint density at radius 3 is 2.74 bits per heavy atom. The Balaban J connectivity index is 1.79. The average Bonchev–Trinajstić information content (AvgIpc) is 2.47. The lowest BCUT2D eigenvalue weighted by Gasteiger charge is -2.41. The van der Waals surface area contributed by atoms with E-state index in [-0.39, 0.29) is 17.4 Å². The maximum Gasteiger partial charge on any atom is 0.223 e. The highest BCUT2D eigenvalue weighted by molar-refractivity contribution is 5.79. The summed E-state index contributed by atoms with van der Waals surface area (Å²) in [4.78, 5) is 14.5. The predicted molar refractivity (Wildman–Crippen MR) is 76.0 cm³/mol. The summed E-state index contributed by atoms with van der Waals surface area (Å²) in [6, 6.07) is 0. The molecule has 0 saturated carbocycles. The van der Waals surface area contributed by atoms with Gasteiger partial charge in [0.1, 0.15) is 0 Å². The first kappa shape index (κ1) is 14.5. The summed E-state index contributed by atoms with van der Waals surface area (Å²) in [6.45, 7) is 8.60. The van der Waals surface area contributed by atoms with Crippen LogP contribution in [-0.2, 0) is 9.53 Å². The highest BCUT2D eigenvalue weighted by Crippen LogP contribution is 2.19. The van der Waals surface area contributed by atoms with Gasteiger partial charge in [0.15, 0.2) is 0 Å². The zero-order valence-electron chi connectivity index (χ0n) is 12.2. The Kier molecular flexibility index (Phi) is 4.99. The lowest BCUT2D eigenvalue weighted by Crippen LogP contribution is -2.55. The van der Waals surface area contributed by atoms with E-state index in [4.69, 9.17) is 4.74 Å². The molecule has 4 nitrogen and oxygen atoms in total. The SMILES string of the molecule is CC(C)(CNC(=O)C1CC=CCC1)N1CCOCC1. The normalized spacial score (nSPS) is 25.3. The highest BCUT2D eigenvalue weighted by atomic mass is 16.5. The minimum atomic E-state index is 0.00391. The van der Waals surface area contributed by atoms with Crippen molar-refractivity contribution < 1.29 is 9.53 Å². The number of nitrogens with one attached hydrogen (secondary N) is 1. The fraction of sp³-hybridized carbons (Fsp3) is 0.800. The summed E-state index contributed by atoms with van der Waals surface area (Å²) in [5.74, 6) is 0.385. The molecule has 19 heavy (non-hydrogen) atoms. The van der Waals surface area contributed by atoms with E-state index in [1.54, 1.807) is 0 Å². The Morgan fingerprint density at radius 2 is 2.11 bits per heavy atom. The molecule has 1 unspecified atom stereocenters. The molecule has 1 saturated heterocycles. The van der Waals surface area contributed by atoms with Crippen molar-refractivity contribution in [1.82, 2.24) is 10.2 Å². The largest absolute Gasteiger partial charge is 0.379 e. The number of ether oxygens (including phenoxy) is 1. The fourth-order valence-corrected chi connectivity index (χ4v) is 2.76. The number of rotatable bonds is 4. The zero-order chi connectivity index (χ0) is 13.7. The van der Waals surface area contributed by atoms with Gasteiger partial charge in [-0.1, -0.05) is 12.2 Å². The number of morpholine rings is 1. The van der Waals surface area contributed by atoms with Crippen LogP contribution in [-0.4, -0.2) is 49.2 Å². The summed E-state index contributed by atoms with van der Waals surface area (Å²) in [5.41, 5.74) is 0.00391. The van der Waals surface area contributed by atoms with E-state index < -0.39 is 0 Å². The van der Waals surface area contributed by atoms with E-state index in [1.165, 1.54) is 0 Å². The van der Waals surface area contributed by atoms with Crippen LogP contribution in [0.5, 0.6) is 0 Å². The van der Waals surface area contributed by atoms with Crippen LogP contribution in [0.25, 0.3) is 0 Å². The maximum atomic E-state index is 12.1. The molecule has 108 valence electrons. The van der Waals surface area contributed by atoms with Gasteiger partial charge in [-0.15, -0.1) is 0 Å². The summed E-state index contributed by atoms with van der Waals surface area (Å²) in [6.07, 6.45) is 7.21.